The first kappa shape index (κ1) is 11.7. The van der Waals surface area contributed by atoms with E-state index in [4.69, 9.17) is 10.5 Å². The van der Waals surface area contributed by atoms with E-state index in [0.29, 0.717) is 13.2 Å². The Bertz CT molecular complexity index is 459. The van der Waals surface area contributed by atoms with Gasteiger partial charge in [-0.3, -0.25) is 0 Å². The van der Waals surface area contributed by atoms with Gasteiger partial charge in [0.05, 0.1) is 0 Å². The summed E-state index contributed by atoms with van der Waals surface area (Å²) in [7, 11) is 0. The van der Waals surface area contributed by atoms with Crippen molar-refractivity contribution < 1.29 is 4.74 Å². The average Bonchev–Trinajstić information content (AvgIpc) is 2.38. The zero-order valence-electron chi connectivity index (χ0n) is 10.0. The average molecular weight is 227 g/mol. The molecule has 0 fully saturated rings. The second-order valence-electron chi connectivity index (χ2n) is 4.03. The molecule has 0 atom stereocenters. The van der Waals surface area contributed by atoms with Gasteiger partial charge in [0, 0.05) is 6.54 Å². The number of hydrogen-bond donors (Lipinski definition) is 1. The summed E-state index contributed by atoms with van der Waals surface area (Å²) in [5, 5.41) is 0. The summed E-state index contributed by atoms with van der Waals surface area (Å²) >= 11 is 0. The molecule has 0 unspecified atom stereocenters. The predicted octanol–water partition coefficient (Wildman–Crippen LogP) is 3.00. The molecule has 0 amide bonds. The van der Waals surface area contributed by atoms with Crippen LogP contribution in [0.3, 0.4) is 0 Å². The minimum absolute atomic E-state index is 0.541. The number of aryl methyl sites for hydroxylation is 1. The van der Waals surface area contributed by atoms with Crippen molar-refractivity contribution in [3.05, 3.63) is 54.1 Å². The Hall–Kier alpha value is -1.80. The van der Waals surface area contributed by atoms with Crippen LogP contribution in [0, 0.1) is 6.92 Å². The van der Waals surface area contributed by atoms with Crippen LogP contribution in [-0.4, -0.2) is 13.2 Å². The van der Waals surface area contributed by atoms with Gasteiger partial charge in [-0.2, -0.15) is 0 Å². The molecular formula is C15H17NO. The van der Waals surface area contributed by atoms with E-state index in [9.17, 15) is 0 Å². The molecule has 2 N–H and O–H groups in total. The van der Waals surface area contributed by atoms with E-state index in [1.54, 1.807) is 0 Å². The molecule has 2 aromatic rings. The molecule has 0 aliphatic heterocycles. The summed E-state index contributed by atoms with van der Waals surface area (Å²) < 4.78 is 5.44. The molecule has 2 rings (SSSR count). The lowest BCUT2D eigenvalue weighted by Gasteiger charge is -2.06. The molecule has 0 aliphatic rings. The van der Waals surface area contributed by atoms with Crippen LogP contribution in [-0.2, 0) is 0 Å². The van der Waals surface area contributed by atoms with Crippen molar-refractivity contribution >= 4 is 0 Å². The third-order valence-electron chi connectivity index (χ3n) is 2.63. The molecule has 0 bridgehead atoms. The van der Waals surface area contributed by atoms with Crippen LogP contribution in [0.5, 0.6) is 5.75 Å². The van der Waals surface area contributed by atoms with E-state index in [2.05, 4.69) is 43.3 Å². The number of nitrogens with two attached hydrogens (primary N) is 1. The molecule has 2 heteroatoms. The second-order valence-corrected chi connectivity index (χ2v) is 4.03. The molecule has 0 aromatic heterocycles. The quantitative estimate of drug-likeness (QED) is 0.871. The number of ether oxygens (including phenoxy) is 1. The summed E-state index contributed by atoms with van der Waals surface area (Å²) in [4.78, 5) is 0. The van der Waals surface area contributed by atoms with Crippen LogP contribution in [0.15, 0.2) is 48.5 Å². The maximum Gasteiger partial charge on any atom is 0.119 e. The maximum absolute atomic E-state index is 5.44. The van der Waals surface area contributed by atoms with Crippen molar-refractivity contribution in [3.8, 4) is 16.9 Å². The van der Waals surface area contributed by atoms with Crippen molar-refractivity contribution in [2.75, 3.05) is 13.2 Å². The lowest BCUT2D eigenvalue weighted by Crippen LogP contribution is -2.10. The summed E-state index contributed by atoms with van der Waals surface area (Å²) in [6.45, 7) is 3.19. The number of rotatable bonds is 4. The van der Waals surface area contributed by atoms with Crippen LogP contribution in [0.1, 0.15) is 5.56 Å². The number of benzene rings is 2. The standard InChI is InChI=1S/C15H17NO/c1-12-2-4-13(5-3-12)14-6-8-15(9-7-14)17-11-10-16/h2-9H,10-11,16H2,1H3. The molecular weight excluding hydrogens is 210 g/mol. The Kier molecular flexibility index (Phi) is 3.78. The van der Waals surface area contributed by atoms with Gasteiger partial charge < -0.3 is 10.5 Å². The molecule has 0 saturated carbocycles. The Labute approximate surface area is 102 Å². The largest absolute Gasteiger partial charge is 0.492 e. The Morgan fingerprint density at radius 1 is 0.882 bits per heavy atom. The Morgan fingerprint density at radius 3 is 1.94 bits per heavy atom. The third kappa shape index (κ3) is 3.08. The molecule has 0 aliphatic carbocycles. The monoisotopic (exact) mass is 227 g/mol. The van der Waals surface area contributed by atoms with E-state index >= 15 is 0 Å². The van der Waals surface area contributed by atoms with Crippen molar-refractivity contribution in [2.45, 2.75) is 6.92 Å². The Morgan fingerprint density at radius 2 is 1.41 bits per heavy atom. The predicted molar refractivity (Wildman–Crippen MR) is 71.2 cm³/mol. The van der Waals surface area contributed by atoms with Gasteiger partial charge >= 0.3 is 0 Å². The fourth-order valence-electron chi connectivity index (χ4n) is 1.67. The van der Waals surface area contributed by atoms with Gasteiger partial charge in [0.15, 0.2) is 0 Å². The summed E-state index contributed by atoms with van der Waals surface area (Å²) in [5.41, 5.74) is 9.08. The lowest BCUT2D eigenvalue weighted by atomic mass is 10.0. The van der Waals surface area contributed by atoms with Crippen molar-refractivity contribution in [3.63, 3.8) is 0 Å². The highest BCUT2D eigenvalue weighted by Gasteiger charge is 1.98. The highest BCUT2D eigenvalue weighted by molar-refractivity contribution is 5.64. The third-order valence-corrected chi connectivity index (χ3v) is 2.63. The Balaban J connectivity index is 2.14. The molecule has 88 valence electrons. The molecule has 2 nitrogen and oxygen atoms in total. The van der Waals surface area contributed by atoms with E-state index in [0.717, 1.165) is 5.75 Å². The van der Waals surface area contributed by atoms with Crippen LogP contribution < -0.4 is 10.5 Å². The molecule has 17 heavy (non-hydrogen) atoms. The van der Waals surface area contributed by atoms with Crippen molar-refractivity contribution in [1.82, 2.24) is 0 Å². The van der Waals surface area contributed by atoms with E-state index < -0.39 is 0 Å². The topological polar surface area (TPSA) is 35.2 Å². The zero-order chi connectivity index (χ0) is 12.1. The van der Waals surface area contributed by atoms with Crippen LogP contribution in [0.4, 0.5) is 0 Å². The van der Waals surface area contributed by atoms with Gasteiger partial charge in [0.25, 0.3) is 0 Å². The van der Waals surface area contributed by atoms with E-state index in [1.807, 2.05) is 12.1 Å². The van der Waals surface area contributed by atoms with E-state index in [-0.39, 0.29) is 0 Å². The minimum atomic E-state index is 0.541. The van der Waals surface area contributed by atoms with Gasteiger partial charge in [-0.05, 0) is 30.2 Å². The molecule has 2 aromatic carbocycles. The van der Waals surface area contributed by atoms with Gasteiger partial charge in [-0.25, -0.2) is 0 Å². The summed E-state index contributed by atoms with van der Waals surface area (Å²) in [5.74, 6) is 0.867. The summed E-state index contributed by atoms with van der Waals surface area (Å²) in [6.07, 6.45) is 0. The molecule has 0 saturated heterocycles. The van der Waals surface area contributed by atoms with Crippen molar-refractivity contribution in [2.24, 2.45) is 5.73 Å². The first-order valence-electron chi connectivity index (χ1n) is 5.79. The molecule has 0 heterocycles. The number of hydrogen-bond acceptors (Lipinski definition) is 2. The summed E-state index contributed by atoms with van der Waals surface area (Å²) in [6, 6.07) is 16.6. The highest BCUT2D eigenvalue weighted by atomic mass is 16.5. The zero-order valence-corrected chi connectivity index (χ0v) is 10.0. The van der Waals surface area contributed by atoms with Crippen LogP contribution >= 0.6 is 0 Å². The lowest BCUT2D eigenvalue weighted by molar-refractivity contribution is 0.328. The first-order chi connectivity index (χ1) is 8.29. The van der Waals surface area contributed by atoms with Gasteiger partial charge in [-0.15, -0.1) is 0 Å². The molecule has 0 radical (unpaired) electrons. The van der Waals surface area contributed by atoms with Crippen LogP contribution in [0.25, 0.3) is 11.1 Å². The molecule has 0 spiro atoms. The van der Waals surface area contributed by atoms with Gasteiger partial charge in [0.1, 0.15) is 12.4 Å². The van der Waals surface area contributed by atoms with E-state index in [1.165, 1.54) is 16.7 Å². The SMILES string of the molecule is Cc1ccc(-c2ccc(OCCN)cc2)cc1. The second kappa shape index (κ2) is 5.51. The smallest absolute Gasteiger partial charge is 0.119 e. The van der Waals surface area contributed by atoms with Crippen molar-refractivity contribution in [1.29, 1.82) is 0 Å². The minimum Gasteiger partial charge on any atom is -0.492 e. The fraction of sp³-hybridized carbons (Fsp3) is 0.200. The van der Waals surface area contributed by atoms with Gasteiger partial charge in [0.2, 0.25) is 0 Å². The highest BCUT2D eigenvalue weighted by Crippen LogP contribution is 2.22. The normalized spacial score (nSPS) is 10.2. The van der Waals surface area contributed by atoms with Gasteiger partial charge in [-0.1, -0.05) is 42.0 Å². The fourth-order valence-corrected chi connectivity index (χ4v) is 1.67. The maximum atomic E-state index is 5.44. The van der Waals surface area contributed by atoms with Crippen LogP contribution in [0.2, 0.25) is 0 Å². The first-order valence-corrected chi connectivity index (χ1v) is 5.79.